The highest BCUT2D eigenvalue weighted by molar-refractivity contribution is 7.00. The minimum atomic E-state index is 0.0170. The Hall–Kier alpha value is -4.24. The quantitative estimate of drug-likeness (QED) is 0.162. The van der Waals surface area contributed by atoms with E-state index >= 15 is 0 Å². The molecule has 0 saturated heterocycles. The van der Waals surface area contributed by atoms with Crippen LogP contribution >= 0.6 is 0 Å². The summed E-state index contributed by atoms with van der Waals surface area (Å²) >= 11 is 0. The molecule has 3 heteroatoms. The van der Waals surface area contributed by atoms with Crippen LogP contribution in [0.25, 0.3) is 0 Å². The van der Waals surface area contributed by atoms with E-state index in [1.54, 1.807) is 0 Å². The van der Waals surface area contributed by atoms with Gasteiger partial charge in [-0.05, 0) is 156 Å². The lowest BCUT2D eigenvalue weighted by Gasteiger charge is -2.48. The molecule has 2 aliphatic carbocycles. The van der Waals surface area contributed by atoms with Crippen LogP contribution < -0.4 is 26.2 Å². The van der Waals surface area contributed by atoms with Crippen molar-refractivity contribution < 1.29 is 0 Å². The zero-order valence-corrected chi connectivity index (χ0v) is 37.5. The highest BCUT2D eigenvalue weighted by atomic mass is 15.2. The molecule has 0 N–H and O–H groups in total. The van der Waals surface area contributed by atoms with Gasteiger partial charge >= 0.3 is 0 Å². The second-order valence-electron chi connectivity index (χ2n) is 22.9. The van der Waals surface area contributed by atoms with Crippen LogP contribution in [0.5, 0.6) is 0 Å². The monoisotopic (exact) mass is 753 g/mol. The fourth-order valence-electron chi connectivity index (χ4n) is 10.8. The summed E-state index contributed by atoms with van der Waals surface area (Å²) in [6, 6.07) is 36.7. The van der Waals surface area contributed by atoms with Gasteiger partial charge < -0.3 is 9.80 Å². The first-order chi connectivity index (χ1) is 26.5. The maximum Gasteiger partial charge on any atom is 0.252 e. The molecule has 0 atom stereocenters. The van der Waals surface area contributed by atoms with Crippen molar-refractivity contribution in [3.05, 3.63) is 124 Å². The number of fused-ring (bicyclic) bond motifs is 6. The standard InChI is InChI=1S/C54H65BN2/c1-49(2,3)34-18-21-36(22-19-34)56-44-25-20-35(50(4,5)6)30-42(44)55-43-32-40-41(54(13,14)29-28-53(40,11)12)33-47(43)57(46-17-15-16-45(56)48(46)55)37-23-24-38-39(31-37)52(9,10)27-26-51(38,7)8/h15-25,30-33H,26-29H2,1-14H3. The minimum Gasteiger partial charge on any atom is -0.311 e. The Morgan fingerprint density at radius 1 is 0.421 bits per heavy atom. The topological polar surface area (TPSA) is 6.48 Å². The molecule has 57 heavy (non-hydrogen) atoms. The molecule has 0 saturated carbocycles. The molecule has 0 radical (unpaired) electrons. The number of hydrogen-bond acceptors (Lipinski definition) is 2. The van der Waals surface area contributed by atoms with Crippen LogP contribution in [0.4, 0.5) is 34.1 Å². The van der Waals surface area contributed by atoms with Crippen molar-refractivity contribution in [1.29, 1.82) is 0 Å². The Balaban J connectivity index is 1.38. The number of benzene rings is 5. The molecule has 0 bridgehead atoms. The maximum atomic E-state index is 2.68. The highest BCUT2D eigenvalue weighted by Gasteiger charge is 2.47. The van der Waals surface area contributed by atoms with Crippen molar-refractivity contribution in [3.8, 4) is 0 Å². The van der Waals surface area contributed by atoms with Crippen molar-refractivity contribution in [1.82, 2.24) is 0 Å². The van der Waals surface area contributed by atoms with E-state index in [2.05, 4.69) is 198 Å². The van der Waals surface area contributed by atoms with Gasteiger partial charge in [0.15, 0.2) is 0 Å². The van der Waals surface area contributed by atoms with E-state index in [4.69, 9.17) is 0 Å². The molecule has 0 fully saturated rings. The fraction of sp³-hybridized carbons (Fsp3) is 0.444. The lowest BCUT2D eigenvalue weighted by molar-refractivity contribution is 0.332. The Morgan fingerprint density at radius 2 is 0.877 bits per heavy atom. The van der Waals surface area contributed by atoms with Gasteiger partial charge in [-0.15, -0.1) is 0 Å². The zero-order valence-electron chi connectivity index (χ0n) is 37.5. The molecule has 9 rings (SSSR count). The summed E-state index contributed by atoms with van der Waals surface area (Å²) in [7, 11) is 0. The first kappa shape index (κ1) is 38.3. The van der Waals surface area contributed by atoms with Gasteiger partial charge in [0.1, 0.15) is 0 Å². The van der Waals surface area contributed by atoms with Crippen LogP contribution in [-0.4, -0.2) is 6.71 Å². The van der Waals surface area contributed by atoms with Gasteiger partial charge in [0.25, 0.3) is 6.71 Å². The molecule has 0 amide bonds. The second kappa shape index (κ2) is 12.2. The average Bonchev–Trinajstić information content (AvgIpc) is 3.14. The third kappa shape index (κ3) is 5.87. The predicted octanol–water partition coefficient (Wildman–Crippen LogP) is 13.1. The zero-order chi connectivity index (χ0) is 40.8. The number of hydrogen-bond donors (Lipinski definition) is 0. The first-order valence-electron chi connectivity index (χ1n) is 21.8. The van der Waals surface area contributed by atoms with Crippen molar-refractivity contribution >= 4 is 57.2 Å². The molecule has 0 spiro atoms. The van der Waals surface area contributed by atoms with E-state index in [-0.39, 0.29) is 39.2 Å². The second-order valence-corrected chi connectivity index (χ2v) is 22.9. The lowest BCUT2D eigenvalue weighted by Crippen LogP contribution is -2.62. The molecule has 2 aliphatic heterocycles. The first-order valence-corrected chi connectivity index (χ1v) is 21.8. The van der Waals surface area contributed by atoms with Gasteiger partial charge in [0.2, 0.25) is 0 Å². The number of anilines is 6. The minimum absolute atomic E-state index is 0.0170. The molecule has 5 aromatic rings. The fourth-order valence-corrected chi connectivity index (χ4v) is 10.8. The molecule has 2 nitrogen and oxygen atoms in total. The molecule has 5 aromatic carbocycles. The molecular weight excluding hydrogens is 687 g/mol. The summed E-state index contributed by atoms with van der Waals surface area (Å²) in [4.78, 5) is 5.23. The summed E-state index contributed by atoms with van der Waals surface area (Å²) in [6.45, 7) is 33.8. The average molecular weight is 753 g/mol. The Bertz CT molecular complexity index is 2450. The largest absolute Gasteiger partial charge is 0.311 e. The van der Waals surface area contributed by atoms with Gasteiger partial charge in [0.05, 0.1) is 0 Å². The maximum absolute atomic E-state index is 2.68. The lowest BCUT2D eigenvalue weighted by atomic mass is 9.33. The molecule has 0 aromatic heterocycles. The van der Waals surface area contributed by atoms with E-state index in [1.165, 1.54) is 110 Å². The smallest absolute Gasteiger partial charge is 0.252 e. The van der Waals surface area contributed by atoms with Crippen LogP contribution in [0, 0.1) is 0 Å². The van der Waals surface area contributed by atoms with E-state index in [1.807, 2.05) is 0 Å². The van der Waals surface area contributed by atoms with Crippen LogP contribution in [0.15, 0.2) is 91.0 Å². The third-order valence-corrected chi connectivity index (χ3v) is 14.9. The van der Waals surface area contributed by atoms with Crippen molar-refractivity contribution in [2.24, 2.45) is 0 Å². The summed E-state index contributed by atoms with van der Waals surface area (Å²) in [5, 5.41) is 0. The van der Waals surface area contributed by atoms with Crippen LogP contribution in [0.3, 0.4) is 0 Å². The van der Waals surface area contributed by atoms with Crippen LogP contribution in [0.1, 0.15) is 156 Å². The SMILES string of the molecule is CC(C)(C)c1ccc(N2c3ccc(C(C)(C)C)cc3B3c4cc5c(cc4N(c4ccc6c(c4)C(C)(C)CCC6(C)C)c4cccc2c43)C(C)(C)CCC5(C)C)cc1. The van der Waals surface area contributed by atoms with Gasteiger partial charge in [-0.25, -0.2) is 0 Å². The van der Waals surface area contributed by atoms with Gasteiger partial charge in [-0.1, -0.05) is 139 Å². The summed E-state index contributed by atoms with van der Waals surface area (Å²) in [5.41, 5.74) is 21.3. The summed E-state index contributed by atoms with van der Waals surface area (Å²) in [5.74, 6) is 0. The van der Waals surface area contributed by atoms with Crippen LogP contribution in [0.2, 0.25) is 0 Å². The normalized spacial score (nSPS) is 19.6. The van der Waals surface area contributed by atoms with Gasteiger partial charge in [-0.2, -0.15) is 0 Å². The molecule has 0 unspecified atom stereocenters. The summed E-state index contributed by atoms with van der Waals surface area (Å²) in [6.07, 6.45) is 4.80. The Labute approximate surface area is 345 Å². The molecule has 2 heterocycles. The third-order valence-electron chi connectivity index (χ3n) is 14.9. The van der Waals surface area contributed by atoms with E-state index < -0.39 is 0 Å². The van der Waals surface area contributed by atoms with Crippen molar-refractivity contribution in [2.75, 3.05) is 9.80 Å². The van der Waals surface area contributed by atoms with Gasteiger partial charge in [-0.3, -0.25) is 0 Å². The van der Waals surface area contributed by atoms with Gasteiger partial charge in [0, 0.05) is 34.1 Å². The number of nitrogens with zero attached hydrogens (tertiary/aromatic N) is 2. The molecule has 294 valence electrons. The highest BCUT2D eigenvalue weighted by Crippen LogP contribution is 2.52. The van der Waals surface area contributed by atoms with Crippen molar-refractivity contribution in [3.63, 3.8) is 0 Å². The number of rotatable bonds is 2. The molecular formula is C54H65BN2. The van der Waals surface area contributed by atoms with Crippen molar-refractivity contribution in [2.45, 2.75) is 155 Å². The van der Waals surface area contributed by atoms with E-state index in [0.29, 0.717) is 0 Å². The Morgan fingerprint density at radius 3 is 1.44 bits per heavy atom. The van der Waals surface area contributed by atoms with Crippen LogP contribution in [-0.2, 0) is 32.5 Å². The summed E-state index contributed by atoms with van der Waals surface area (Å²) < 4.78 is 0. The molecule has 4 aliphatic rings. The van der Waals surface area contributed by atoms with E-state index in [9.17, 15) is 0 Å². The predicted molar refractivity (Wildman–Crippen MR) is 248 cm³/mol. The van der Waals surface area contributed by atoms with E-state index in [0.717, 1.165) is 0 Å². The Kier molecular flexibility index (Phi) is 8.17.